The maximum absolute atomic E-state index is 5.88. The monoisotopic (exact) mass is 252 g/mol. The van der Waals surface area contributed by atoms with Crippen molar-refractivity contribution >= 4 is 17.6 Å². The smallest absolute Gasteiger partial charge is 0.315 e. The van der Waals surface area contributed by atoms with Crippen LogP contribution in [-0.4, -0.2) is 10.2 Å². The van der Waals surface area contributed by atoms with E-state index < -0.39 is 0 Å². The first-order chi connectivity index (χ1) is 8.15. The highest BCUT2D eigenvalue weighted by molar-refractivity contribution is 6.30. The Morgan fingerprint density at radius 2 is 2.29 bits per heavy atom. The van der Waals surface area contributed by atoms with Gasteiger partial charge in [-0.3, -0.25) is 0 Å². The van der Waals surface area contributed by atoms with Crippen LogP contribution in [0.15, 0.2) is 28.7 Å². The summed E-state index contributed by atoms with van der Waals surface area (Å²) in [6.45, 7) is 2.36. The molecule has 0 aliphatic heterocycles. The fourth-order valence-corrected chi connectivity index (χ4v) is 1.53. The van der Waals surface area contributed by atoms with Crippen molar-refractivity contribution in [1.29, 1.82) is 0 Å². The zero-order chi connectivity index (χ0) is 12.3. The minimum absolute atomic E-state index is 0.260. The van der Waals surface area contributed by atoms with Gasteiger partial charge in [-0.05, 0) is 24.6 Å². The van der Waals surface area contributed by atoms with Crippen LogP contribution < -0.4 is 11.1 Å². The Morgan fingerprint density at radius 3 is 2.94 bits per heavy atom. The Hall–Kier alpha value is -1.59. The maximum atomic E-state index is 5.88. The Balaban J connectivity index is 1.97. The van der Waals surface area contributed by atoms with Gasteiger partial charge in [0, 0.05) is 11.6 Å². The molecule has 0 saturated carbocycles. The summed E-state index contributed by atoms with van der Waals surface area (Å²) in [5.41, 5.74) is 6.65. The van der Waals surface area contributed by atoms with Crippen LogP contribution in [0.1, 0.15) is 24.4 Å². The second-order valence-corrected chi connectivity index (χ2v) is 4.15. The average molecular weight is 253 g/mol. The zero-order valence-corrected chi connectivity index (χ0v) is 10.1. The summed E-state index contributed by atoms with van der Waals surface area (Å²) in [4.78, 5) is 0. The molecule has 6 heteroatoms. The van der Waals surface area contributed by atoms with Crippen molar-refractivity contribution in [3.05, 3.63) is 40.7 Å². The van der Waals surface area contributed by atoms with E-state index in [-0.39, 0.29) is 6.04 Å². The highest BCUT2D eigenvalue weighted by atomic mass is 35.5. The summed E-state index contributed by atoms with van der Waals surface area (Å²) >= 11 is 5.88. The summed E-state index contributed by atoms with van der Waals surface area (Å²) in [5.74, 6) is 0.415. The third-order valence-corrected chi connectivity index (χ3v) is 2.40. The first-order valence-corrected chi connectivity index (χ1v) is 5.60. The number of hydrogen-bond donors (Lipinski definition) is 2. The van der Waals surface area contributed by atoms with E-state index >= 15 is 0 Å². The molecule has 0 radical (unpaired) electrons. The third kappa shape index (κ3) is 3.18. The number of nitrogens with two attached hydrogens (primary N) is 1. The molecule has 1 aromatic heterocycles. The average Bonchev–Trinajstić information content (AvgIpc) is 2.75. The molecule has 5 nitrogen and oxygen atoms in total. The van der Waals surface area contributed by atoms with Gasteiger partial charge in [-0.25, -0.2) is 0 Å². The van der Waals surface area contributed by atoms with Crippen LogP contribution in [0.25, 0.3) is 0 Å². The molecule has 2 aromatic rings. The molecule has 1 atom stereocenters. The van der Waals surface area contributed by atoms with Crippen LogP contribution in [0.5, 0.6) is 0 Å². The first-order valence-electron chi connectivity index (χ1n) is 5.22. The molecule has 0 aliphatic carbocycles. The van der Waals surface area contributed by atoms with Crippen LogP contribution in [0, 0.1) is 0 Å². The van der Waals surface area contributed by atoms with E-state index in [1.807, 2.05) is 24.3 Å². The molecule has 2 rings (SSSR count). The molecule has 0 fully saturated rings. The number of anilines is 1. The van der Waals surface area contributed by atoms with Gasteiger partial charge in [-0.2, -0.15) is 0 Å². The van der Waals surface area contributed by atoms with Gasteiger partial charge in [0.05, 0.1) is 6.04 Å². The van der Waals surface area contributed by atoms with Crippen molar-refractivity contribution in [2.24, 2.45) is 5.73 Å². The lowest BCUT2D eigenvalue weighted by molar-refractivity contribution is 0.472. The van der Waals surface area contributed by atoms with Crippen molar-refractivity contribution in [1.82, 2.24) is 10.2 Å². The van der Waals surface area contributed by atoms with Crippen LogP contribution in [-0.2, 0) is 6.54 Å². The predicted octanol–water partition coefficient (Wildman–Crippen LogP) is 2.35. The van der Waals surface area contributed by atoms with Crippen LogP contribution in [0.4, 0.5) is 6.01 Å². The lowest BCUT2D eigenvalue weighted by Crippen LogP contribution is -2.04. The lowest BCUT2D eigenvalue weighted by atomic mass is 10.2. The minimum atomic E-state index is -0.260. The van der Waals surface area contributed by atoms with Gasteiger partial charge in [0.1, 0.15) is 0 Å². The first kappa shape index (κ1) is 11.9. The zero-order valence-electron chi connectivity index (χ0n) is 9.35. The number of rotatable bonds is 4. The van der Waals surface area contributed by atoms with E-state index in [1.54, 1.807) is 6.92 Å². The molecule has 3 N–H and O–H groups in total. The molecule has 1 aromatic carbocycles. The topological polar surface area (TPSA) is 77.0 Å². The minimum Gasteiger partial charge on any atom is -0.406 e. The quantitative estimate of drug-likeness (QED) is 0.874. The van der Waals surface area contributed by atoms with Crippen molar-refractivity contribution in [2.75, 3.05) is 5.32 Å². The number of hydrogen-bond acceptors (Lipinski definition) is 5. The summed E-state index contributed by atoms with van der Waals surface area (Å²) in [6.07, 6.45) is 0. The summed E-state index contributed by atoms with van der Waals surface area (Å²) in [7, 11) is 0. The summed E-state index contributed by atoms with van der Waals surface area (Å²) < 4.78 is 5.31. The molecule has 0 spiro atoms. The van der Waals surface area contributed by atoms with Crippen molar-refractivity contribution in [2.45, 2.75) is 19.5 Å². The molecule has 1 heterocycles. The Labute approximate surface area is 104 Å². The maximum Gasteiger partial charge on any atom is 0.315 e. The van der Waals surface area contributed by atoms with Gasteiger partial charge in [0.25, 0.3) is 0 Å². The highest BCUT2D eigenvalue weighted by Crippen LogP contribution is 2.14. The van der Waals surface area contributed by atoms with Crippen LogP contribution in [0.3, 0.4) is 0 Å². The third-order valence-electron chi connectivity index (χ3n) is 2.16. The van der Waals surface area contributed by atoms with Crippen molar-refractivity contribution in [3.63, 3.8) is 0 Å². The summed E-state index contributed by atoms with van der Waals surface area (Å²) in [6, 6.07) is 7.65. The molecule has 0 aliphatic rings. The largest absolute Gasteiger partial charge is 0.406 e. The van der Waals surface area contributed by atoms with Crippen molar-refractivity contribution < 1.29 is 4.42 Å². The molecule has 0 saturated heterocycles. The van der Waals surface area contributed by atoms with E-state index in [4.69, 9.17) is 21.8 Å². The molecule has 1 unspecified atom stereocenters. The van der Waals surface area contributed by atoms with Gasteiger partial charge in [-0.15, -0.1) is 5.10 Å². The fraction of sp³-hybridized carbons (Fsp3) is 0.273. The van der Waals surface area contributed by atoms with Gasteiger partial charge in [-0.1, -0.05) is 28.8 Å². The standard InChI is InChI=1S/C11H13ClN4O/c1-7(13)10-15-16-11(17-10)14-6-8-3-2-4-9(12)5-8/h2-5,7H,6,13H2,1H3,(H,14,16). The Kier molecular flexibility index (Phi) is 3.61. The lowest BCUT2D eigenvalue weighted by Gasteiger charge is -2.02. The van der Waals surface area contributed by atoms with Gasteiger partial charge in [0.2, 0.25) is 5.89 Å². The molecule has 0 amide bonds. The van der Waals surface area contributed by atoms with Gasteiger partial charge < -0.3 is 15.5 Å². The van der Waals surface area contributed by atoms with Crippen LogP contribution >= 0.6 is 11.6 Å². The Bertz CT molecular complexity index is 498. The fourth-order valence-electron chi connectivity index (χ4n) is 1.31. The number of halogens is 1. The summed E-state index contributed by atoms with van der Waals surface area (Å²) in [5, 5.41) is 11.4. The second-order valence-electron chi connectivity index (χ2n) is 3.72. The molecular formula is C11H13ClN4O. The number of aromatic nitrogens is 2. The number of nitrogens with zero attached hydrogens (tertiary/aromatic N) is 2. The number of benzene rings is 1. The van der Waals surface area contributed by atoms with Crippen molar-refractivity contribution in [3.8, 4) is 0 Å². The molecule has 0 bridgehead atoms. The van der Waals surface area contributed by atoms with Gasteiger partial charge >= 0.3 is 6.01 Å². The Morgan fingerprint density at radius 1 is 1.47 bits per heavy atom. The predicted molar refractivity (Wildman–Crippen MR) is 65.7 cm³/mol. The van der Waals surface area contributed by atoms with Gasteiger partial charge in [0.15, 0.2) is 0 Å². The number of nitrogens with one attached hydrogen (secondary N) is 1. The van der Waals surface area contributed by atoms with E-state index in [9.17, 15) is 0 Å². The molecular weight excluding hydrogens is 240 g/mol. The highest BCUT2D eigenvalue weighted by Gasteiger charge is 2.09. The van der Waals surface area contributed by atoms with E-state index in [0.717, 1.165) is 5.56 Å². The van der Waals surface area contributed by atoms with E-state index in [2.05, 4.69) is 15.5 Å². The molecule has 90 valence electrons. The SMILES string of the molecule is CC(N)c1nnc(NCc2cccc(Cl)c2)o1. The normalized spacial score (nSPS) is 12.4. The second kappa shape index (κ2) is 5.16. The van der Waals surface area contributed by atoms with E-state index in [0.29, 0.717) is 23.5 Å². The molecule has 17 heavy (non-hydrogen) atoms. The van der Waals surface area contributed by atoms with E-state index in [1.165, 1.54) is 0 Å². The van der Waals surface area contributed by atoms with Crippen LogP contribution in [0.2, 0.25) is 5.02 Å².